The van der Waals surface area contributed by atoms with Gasteiger partial charge in [-0.3, -0.25) is 0 Å². The van der Waals surface area contributed by atoms with E-state index in [4.69, 9.17) is 4.74 Å². The lowest BCUT2D eigenvalue weighted by Gasteiger charge is -2.36. The summed E-state index contributed by atoms with van der Waals surface area (Å²) in [5.41, 5.74) is 1.04. The van der Waals surface area contributed by atoms with Gasteiger partial charge in [0.15, 0.2) is 0 Å². The third-order valence-electron chi connectivity index (χ3n) is 4.51. The Morgan fingerprint density at radius 2 is 2.00 bits per heavy atom. The van der Waals surface area contributed by atoms with Crippen LogP contribution in [0.3, 0.4) is 0 Å². The first-order valence-electron chi connectivity index (χ1n) is 7.40. The highest BCUT2D eigenvalue weighted by molar-refractivity contribution is 5.68. The van der Waals surface area contributed by atoms with E-state index in [0.717, 1.165) is 31.6 Å². The molecule has 0 aromatic heterocycles. The highest BCUT2D eigenvalue weighted by atomic mass is 16.6. The third kappa shape index (κ3) is 2.80. The molecule has 0 spiro atoms. The lowest BCUT2D eigenvalue weighted by Crippen LogP contribution is -2.48. The predicted molar refractivity (Wildman–Crippen MR) is 77.3 cm³/mol. The van der Waals surface area contributed by atoms with Crippen molar-refractivity contribution in [2.75, 3.05) is 26.7 Å². The van der Waals surface area contributed by atoms with Gasteiger partial charge in [0.25, 0.3) is 0 Å². The first kappa shape index (κ1) is 13.4. The van der Waals surface area contributed by atoms with Gasteiger partial charge < -0.3 is 14.5 Å². The summed E-state index contributed by atoms with van der Waals surface area (Å²) in [5.74, 6) is 0.662. The Labute approximate surface area is 120 Å². The van der Waals surface area contributed by atoms with Crippen LogP contribution in [0.25, 0.3) is 0 Å². The summed E-state index contributed by atoms with van der Waals surface area (Å²) >= 11 is 0. The van der Waals surface area contributed by atoms with Crippen molar-refractivity contribution in [1.82, 2.24) is 9.80 Å². The highest BCUT2D eigenvalue weighted by Crippen LogP contribution is 2.31. The molecule has 2 unspecified atom stereocenters. The Morgan fingerprint density at radius 1 is 1.25 bits per heavy atom. The molecule has 0 radical (unpaired) electrons. The second-order valence-corrected chi connectivity index (χ2v) is 5.90. The largest absolute Gasteiger partial charge is 0.445 e. The first-order valence-corrected chi connectivity index (χ1v) is 7.40. The highest BCUT2D eigenvalue weighted by Gasteiger charge is 2.40. The van der Waals surface area contributed by atoms with E-state index in [1.54, 1.807) is 0 Å². The summed E-state index contributed by atoms with van der Waals surface area (Å²) in [6.07, 6.45) is 2.17. The van der Waals surface area contributed by atoms with Gasteiger partial charge in [-0.1, -0.05) is 30.3 Å². The summed E-state index contributed by atoms with van der Waals surface area (Å²) in [4.78, 5) is 16.5. The van der Waals surface area contributed by atoms with Gasteiger partial charge in [-0.05, 0) is 37.9 Å². The van der Waals surface area contributed by atoms with Crippen LogP contribution in [-0.2, 0) is 11.3 Å². The number of nitrogens with zero attached hydrogens (tertiary/aromatic N) is 2. The van der Waals surface area contributed by atoms with E-state index in [2.05, 4.69) is 11.9 Å². The molecule has 0 N–H and O–H groups in total. The normalized spacial score (nSPS) is 26.4. The quantitative estimate of drug-likeness (QED) is 0.830. The molecule has 2 atom stereocenters. The van der Waals surface area contributed by atoms with Gasteiger partial charge in [0.2, 0.25) is 0 Å². The summed E-state index contributed by atoms with van der Waals surface area (Å²) in [6.45, 7) is 3.33. The van der Waals surface area contributed by atoms with Gasteiger partial charge >= 0.3 is 6.09 Å². The topological polar surface area (TPSA) is 32.8 Å². The van der Waals surface area contributed by atoms with Gasteiger partial charge in [0.05, 0.1) is 6.04 Å². The number of benzene rings is 1. The van der Waals surface area contributed by atoms with Crippen molar-refractivity contribution in [3.05, 3.63) is 35.9 Å². The Bertz CT molecular complexity index is 463. The molecular weight excluding hydrogens is 252 g/mol. The second kappa shape index (κ2) is 5.83. The van der Waals surface area contributed by atoms with Crippen molar-refractivity contribution in [3.63, 3.8) is 0 Å². The average Bonchev–Trinajstić information content (AvgIpc) is 2.89. The molecule has 0 saturated carbocycles. The van der Waals surface area contributed by atoms with E-state index in [9.17, 15) is 4.79 Å². The van der Waals surface area contributed by atoms with Crippen LogP contribution >= 0.6 is 0 Å². The van der Waals surface area contributed by atoms with E-state index in [1.807, 2.05) is 35.2 Å². The fourth-order valence-corrected chi connectivity index (χ4v) is 3.33. The number of hydrogen-bond acceptors (Lipinski definition) is 3. The Balaban J connectivity index is 1.57. The first-order chi connectivity index (χ1) is 9.74. The van der Waals surface area contributed by atoms with Gasteiger partial charge in [0, 0.05) is 13.1 Å². The number of hydrogen-bond donors (Lipinski definition) is 0. The maximum absolute atomic E-state index is 12.3. The zero-order valence-electron chi connectivity index (χ0n) is 12.0. The number of likely N-dealkylation sites (tertiary alicyclic amines) is 2. The molecule has 2 aliphatic rings. The van der Waals surface area contributed by atoms with E-state index in [0.29, 0.717) is 18.6 Å². The standard InChI is InChI=1S/C16H22N2O2/c1-17-9-7-14-8-10-18(15(14)11-17)16(19)20-12-13-5-3-2-4-6-13/h2-6,14-15H,7-12H2,1H3. The van der Waals surface area contributed by atoms with Crippen LogP contribution in [0.1, 0.15) is 18.4 Å². The van der Waals surface area contributed by atoms with Crippen LogP contribution in [0.2, 0.25) is 0 Å². The Morgan fingerprint density at radius 3 is 2.80 bits per heavy atom. The predicted octanol–water partition coefficient (Wildman–Crippen LogP) is 2.35. The number of piperidine rings is 1. The van der Waals surface area contributed by atoms with Crippen LogP contribution in [0.4, 0.5) is 4.79 Å². The maximum atomic E-state index is 12.3. The molecule has 0 aliphatic carbocycles. The minimum absolute atomic E-state index is 0.156. The van der Waals surface area contributed by atoms with Crippen molar-refractivity contribution in [2.45, 2.75) is 25.5 Å². The summed E-state index contributed by atoms with van der Waals surface area (Å²) in [7, 11) is 2.13. The molecule has 1 aromatic rings. The number of likely N-dealkylation sites (N-methyl/N-ethyl adjacent to an activating group) is 1. The smallest absolute Gasteiger partial charge is 0.410 e. The number of carbonyl (C=O) groups excluding carboxylic acids is 1. The van der Waals surface area contributed by atoms with Gasteiger partial charge in [-0.2, -0.15) is 0 Å². The Hall–Kier alpha value is -1.55. The van der Waals surface area contributed by atoms with Crippen LogP contribution in [0, 0.1) is 5.92 Å². The molecule has 0 bridgehead atoms. The van der Waals surface area contributed by atoms with Gasteiger partial charge in [-0.25, -0.2) is 4.79 Å². The van der Waals surface area contributed by atoms with E-state index >= 15 is 0 Å². The maximum Gasteiger partial charge on any atom is 0.410 e. The molecule has 1 aromatic carbocycles. The van der Waals surface area contributed by atoms with Crippen LogP contribution in [-0.4, -0.2) is 48.6 Å². The molecule has 2 aliphatic heterocycles. The van der Waals surface area contributed by atoms with Crippen LogP contribution in [0.5, 0.6) is 0 Å². The molecule has 4 nitrogen and oxygen atoms in total. The van der Waals surface area contributed by atoms with Crippen LogP contribution in [0.15, 0.2) is 30.3 Å². The SMILES string of the molecule is CN1CCC2CCN(C(=O)OCc3ccccc3)C2C1. The van der Waals surface area contributed by atoms with E-state index in [1.165, 1.54) is 6.42 Å². The number of ether oxygens (including phenoxy) is 1. The number of rotatable bonds is 2. The lowest BCUT2D eigenvalue weighted by atomic mass is 9.93. The monoisotopic (exact) mass is 274 g/mol. The van der Waals surface area contributed by atoms with Crippen molar-refractivity contribution in [1.29, 1.82) is 0 Å². The van der Waals surface area contributed by atoms with Crippen molar-refractivity contribution in [3.8, 4) is 0 Å². The summed E-state index contributed by atoms with van der Waals surface area (Å²) in [5, 5.41) is 0. The molecule has 108 valence electrons. The number of amides is 1. The van der Waals surface area contributed by atoms with Crippen LogP contribution < -0.4 is 0 Å². The summed E-state index contributed by atoms with van der Waals surface area (Å²) < 4.78 is 5.46. The Kier molecular flexibility index (Phi) is 3.92. The zero-order valence-corrected chi connectivity index (χ0v) is 12.0. The van der Waals surface area contributed by atoms with E-state index < -0.39 is 0 Å². The van der Waals surface area contributed by atoms with Crippen molar-refractivity contribution < 1.29 is 9.53 Å². The zero-order chi connectivity index (χ0) is 13.9. The number of fused-ring (bicyclic) bond motifs is 1. The fraction of sp³-hybridized carbons (Fsp3) is 0.562. The molecule has 4 heteroatoms. The van der Waals surface area contributed by atoms with Gasteiger partial charge in [0.1, 0.15) is 6.61 Å². The molecule has 20 heavy (non-hydrogen) atoms. The van der Waals surface area contributed by atoms with Crippen molar-refractivity contribution >= 4 is 6.09 Å². The molecule has 2 heterocycles. The third-order valence-corrected chi connectivity index (χ3v) is 4.51. The molecule has 1 amide bonds. The molecular formula is C16H22N2O2. The molecule has 2 saturated heterocycles. The lowest BCUT2D eigenvalue weighted by molar-refractivity contribution is 0.0704. The summed E-state index contributed by atoms with van der Waals surface area (Å²) in [6, 6.07) is 10.2. The van der Waals surface area contributed by atoms with Crippen molar-refractivity contribution in [2.24, 2.45) is 5.92 Å². The fourth-order valence-electron chi connectivity index (χ4n) is 3.33. The molecule has 3 rings (SSSR count). The minimum atomic E-state index is -0.156. The number of carbonyl (C=O) groups is 1. The van der Waals surface area contributed by atoms with E-state index in [-0.39, 0.29) is 6.09 Å². The van der Waals surface area contributed by atoms with Gasteiger partial charge in [-0.15, -0.1) is 0 Å². The second-order valence-electron chi connectivity index (χ2n) is 5.90. The average molecular weight is 274 g/mol. The molecule has 2 fully saturated rings. The minimum Gasteiger partial charge on any atom is -0.445 e.